The van der Waals surface area contributed by atoms with Crippen LogP contribution in [0.25, 0.3) is 11.3 Å². The smallest absolute Gasteiger partial charge is 0.190 e. The van der Waals surface area contributed by atoms with Gasteiger partial charge in [-0.2, -0.15) is 0 Å². The third-order valence-corrected chi connectivity index (χ3v) is 4.79. The fourth-order valence-corrected chi connectivity index (χ4v) is 3.54. The molecule has 3 rings (SSSR count). The van der Waals surface area contributed by atoms with E-state index in [1.165, 1.54) is 17.7 Å². The summed E-state index contributed by atoms with van der Waals surface area (Å²) < 4.78 is 20.6. The Morgan fingerprint density at radius 3 is 2.48 bits per heavy atom. The quantitative estimate of drug-likeness (QED) is 0.575. The van der Waals surface area contributed by atoms with Crippen LogP contribution in [0.15, 0.2) is 58.9 Å². The summed E-state index contributed by atoms with van der Waals surface area (Å²) in [6, 6.07) is 14.7. The second-order valence-electron chi connectivity index (χ2n) is 5.86. The van der Waals surface area contributed by atoms with Crippen LogP contribution in [-0.2, 0) is 11.3 Å². The van der Waals surface area contributed by atoms with Crippen LogP contribution in [0.3, 0.4) is 0 Å². The number of aryl methyl sites for hydroxylation is 1. The highest BCUT2D eigenvalue weighted by molar-refractivity contribution is 7.07. The molecule has 3 aromatic rings. The molecule has 0 amide bonds. The van der Waals surface area contributed by atoms with Crippen LogP contribution in [0.1, 0.15) is 12.0 Å². The van der Waals surface area contributed by atoms with Crippen LogP contribution in [0.5, 0.6) is 0 Å². The Balaban J connectivity index is 2.02. The summed E-state index contributed by atoms with van der Waals surface area (Å²) in [5.41, 5.74) is 4.18. The zero-order valence-corrected chi connectivity index (χ0v) is 15.2. The minimum Gasteiger partial charge on any atom is -0.385 e. The number of halogens is 1. The zero-order valence-electron chi connectivity index (χ0n) is 14.4. The highest BCUT2D eigenvalue weighted by Crippen LogP contribution is 2.21. The molecule has 0 unspecified atom stereocenters. The van der Waals surface area contributed by atoms with E-state index < -0.39 is 0 Å². The van der Waals surface area contributed by atoms with Crippen molar-refractivity contribution in [3.63, 3.8) is 0 Å². The Morgan fingerprint density at radius 1 is 1.08 bits per heavy atom. The van der Waals surface area contributed by atoms with Crippen molar-refractivity contribution in [3.8, 4) is 11.3 Å². The molecule has 0 N–H and O–H groups in total. The van der Waals surface area contributed by atoms with Crippen molar-refractivity contribution in [3.05, 3.63) is 70.1 Å². The summed E-state index contributed by atoms with van der Waals surface area (Å²) in [5, 5.41) is 2.08. The van der Waals surface area contributed by atoms with Crippen LogP contribution in [0.4, 0.5) is 10.1 Å². The van der Waals surface area contributed by atoms with E-state index in [1.54, 1.807) is 30.6 Å². The van der Waals surface area contributed by atoms with E-state index in [9.17, 15) is 4.39 Å². The Morgan fingerprint density at radius 2 is 1.80 bits per heavy atom. The maximum atomic E-state index is 13.2. The first-order chi connectivity index (χ1) is 12.2. The van der Waals surface area contributed by atoms with Crippen molar-refractivity contribution in [2.45, 2.75) is 19.9 Å². The van der Waals surface area contributed by atoms with E-state index in [4.69, 9.17) is 9.73 Å². The van der Waals surface area contributed by atoms with Gasteiger partial charge in [-0.25, -0.2) is 9.38 Å². The maximum Gasteiger partial charge on any atom is 0.190 e. The Kier molecular flexibility index (Phi) is 5.79. The van der Waals surface area contributed by atoms with E-state index in [0.29, 0.717) is 6.61 Å². The predicted molar refractivity (Wildman–Crippen MR) is 101 cm³/mol. The third kappa shape index (κ3) is 4.44. The van der Waals surface area contributed by atoms with E-state index in [2.05, 4.69) is 29.0 Å². The van der Waals surface area contributed by atoms with Crippen molar-refractivity contribution < 1.29 is 9.13 Å². The zero-order chi connectivity index (χ0) is 17.6. The molecule has 0 spiro atoms. The van der Waals surface area contributed by atoms with Gasteiger partial charge in [0.15, 0.2) is 4.80 Å². The number of aromatic nitrogens is 1. The van der Waals surface area contributed by atoms with Gasteiger partial charge in [0.05, 0.1) is 11.4 Å². The molecule has 0 atom stereocenters. The monoisotopic (exact) mass is 356 g/mol. The average Bonchev–Trinajstić information content (AvgIpc) is 3.01. The van der Waals surface area contributed by atoms with Crippen molar-refractivity contribution in [1.82, 2.24) is 4.57 Å². The molecule has 25 heavy (non-hydrogen) atoms. The van der Waals surface area contributed by atoms with Crippen molar-refractivity contribution in [2.75, 3.05) is 13.7 Å². The van der Waals surface area contributed by atoms with E-state index in [-0.39, 0.29) is 5.82 Å². The Labute approximate surface area is 151 Å². The number of benzene rings is 2. The lowest BCUT2D eigenvalue weighted by Crippen LogP contribution is -2.17. The minimum atomic E-state index is -0.227. The van der Waals surface area contributed by atoms with Crippen LogP contribution >= 0.6 is 11.3 Å². The molecule has 0 fully saturated rings. The van der Waals surface area contributed by atoms with Gasteiger partial charge < -0.3 is 9.30 Å². The normalized spacial score (nSPS) is 11.9. The summed E-state index contributed by atoms with van der Waals surface area (Å²) in [5.74, 6) is -0.227. The summed E-state index contributed by atoms with van der Waals surface area (Å²) in [6.45, 7) is 3.55. The van der Waals surface area contributed by atoms with Gasteiger partial charge in [-0.05, 0) is 55.3 Å². The summed E-state index contributed by atoms with van der Waals surface area (Å²) in [7, 11) is 1.71. The van der Waals surface area contributed by atoms with Crippen LogP contribution < -0.4 is 4.80 Å². The number of nitrogens with zero attached hydrogens (tertiary/aromatic N) is 2. The molecule has 1 heterocycles. The van der Waals surface area contributed by atoms with Crippen LogP contribution in [0, 0.1) is 12.7 Å². The fraction of sp³-hybridized carbons (Fsp3) is 0.250. The fourth-order valence-electron chi connectivity index (χ4n) is 2.58. The third-order valence-electron chi connectivity index (χ3n) is 3.93. The molecule has 0 aliphatic carbocycles. The van der Waals surface area contributed by atoms with E-state index >= 15 is 0 Å². The second-order valence-corrected chi connectivity index (χ2v) is 6.69. The highest BCUT2D eigenvalue weighted by atomic mass is 32.1. The number of thiazole rings is 1. The maximum absolute atomic E-state index is 13.2. The first kappa shape index (κ1) is 17.6. The molecule has 0 bridgehead atoms. The minimum absolute atomic E-state index is 0.227. The predicted octanol–water partition coefficient (Wildman–Crippen LogP) is 4.93. The number of hydrogen-bond donors (Lipinski definition) is 0. The Hall–Kier alpha value is -2.24. The van der Waals surface area contributed by atoms with Gasteiger partial charge in [0, 0.05) is 25.6 Å². The standard InChI is InChI=1S/C20H21FN2OS/c1-15-4-10-18(11-5-15)22-20-23(12-3-13-24-2)19(14-25-20)16-6-8-17(21)9-7-16/h4-11,14H,3,12-13H2,1-2H3. The van der Waals surface area contributed by atoms with E-state index in [1.807, 2.05) is 12.1 Å². The van der Waals surface area contributed by atoms with Crippen LogP contribution in [0.2, 0.25) is 0 Å². The lowest BCUT2D eigenvalue weighted by molar-refractivity contribution is 0.190. The van der Waals surface area contributed by atoms with Gasteiger partial charge in [0.1, 0.15) is 5.82 Å². The number of rotatable bonds is 6. The summed E-state index contributed by atoms with van der Waals surface area (Å²) in [4.78, 5) is 5.72. The molecular formula is C20H21FN2OS. The van der Waals surface area contributed by atoms with Crippen molar-refractivity contribution in [1.29, 1.82) is 0 Å². The van der Waals surface area contributed by atoms with E-state index in [0.717, 1.165) is 34.7 Å². The second kappa shape index (κ2) is 8.23. The van der Waals surface area contributed by atoms with Crippen molar-refractivity contribution in [2.24, 2.45) is 4.99 Å². The van der Waals surface area contributed by atoms with Gasteiger partial charge in [0.25, 0.3) is 0 Å². The van der Waals surface area contributed by atoms with Gasteiger partial charge in [-0.15, -0.1) is 11.3 Å². The molecule has 5 heteroatoms. The Bertz CT molecular complexity index is 879. The highest BCUT2D eigenvalue weighted by Gasteiger charge is 2.08. The lowest BCUT2D eigenvalue weighted by atomic mass is 10.1. The molecular weight excluding hydrogens is 335 g/mol. The first-order valence-corrected chi connectivity index (χ1v) is 9.10. The average molecular weight is 356 g/mol. The lowest BCUT2D eigenvalue weighted by Gasteiger charge is -2.09. The summed E-state index contributed by atoms with van der Waals surface area (Å²) >= 11 is 1.59. The van der Waals surface area contributed by atoms with Gasteiger partial charge in [-0.1, -0.05) is 17.7 Å². The molecule has 2 aromatic carbocycles. The number of hydrogen-bond acceptors (Lipinski definition) is 3. The van der Waals surface area contributed by atoms with Gasteiger partial charge in [-0.3, -0.25) is 0 Å². The molecule has 0 saturated heterocycles. The summed E-state index contributed by atoms with van der Waals surface area (Å²) in [6.07, 6.45) is 0.891. The van der Waals surface area contributed by atoms with Gasteiger partial charge in [0.2, 0.25) is 0 Å². The molecule has 0 aliphatic rings. The largest absolute Gasteiger partial charge is 0.385 e. The molecule has 0 radical (unpaired) electrons. The first-order valence-electron chi connectivity index (χ1n) is 8.22. The molecule has 3 nitrogen and oxygen atoms in total. The SMILES string of the molecule is COCCCn1c(-c2ccc(F)cc2)csc1=Nc1ccc(C)cc1. The molecule has 0 saturated carbocycles. The number of methoxy groups -OCH3 is 1. The van der Waals surface area contributed by atoms with Crippen LogP contribution in [-0.4, -0.2) is 18.3 Å². The topological polar surface area (TPSA) is 26.5 Å². The molecule has 0 aliphatic heterocycles. The molecule has 1 aromatic heterocycles. The molecule has 130 valence electrons. The number of ether oxygens (including phenoxy) is 1. The van der Waals surface area contributed by atoms with Gasteiger partial charge >= 0.3 is 0 Å². The van der Waals surface area contributed by atoms with Crippen molar-refractivity contribution >= 4 is 17.0 Å².